The molecule has 2 rings (SSSR count). The molecule has 1 aromatic rings. The summed E-state index contributed by atoms with van der Waals surface area (Å²) < 4.78 is 5.48. The number of aryl methyl sites for hydroxylation is 1. The Kier molecular flexibility index (Phi) is 4.20. The van der Waals surface area contributed by atoms with Gasteiger partial charge in [0.2, 0.25) is 0 Å². The fraction of sp³-hybridized carbons (Fsp3) is 0.500. The van der Waals surface area contributed by atoms with Gasteiger partial charge in [-0.25, -0.2) is 0 Å². The molecule has 98 valence electrons. The summed E-state index contributed by atoms with van der Waals surface area (Å²) in [6.07, 6.45) is 0.954. The third-order valence-corrected chi connectivity index (χ3v) is 3.24. The van der Waals surface area contributed by atoms with Gasteiger partial charge in [0.05, 0.1) is 0 Å². The number of likely N-dealkylation sites (tertiary alicyclic amines) is 1. The van der Waals surface area contributed by atoms with Crippen LogP contribution in [0.2, 0.25) is 0 Å². The molecule has 1 heterocycles. The molecule has 1 aromatic carbocycles. The average Bonchev–Trinajstić information content (AvgIpc) is 2.35. The van der Waals surface area contributed by atoms with Gasteiger partial charge in [0.1, 0.15) is 5.75 Å². The lowest BCUT2D eigenvalue weighted by molar-refractivity contribution is -0.140. The van der Waals surface area contributed by atoms with Crippen molar-refractivity contribution in [3.05, 3.63) is 29.8 Å². The third kappa shape index (κ3) is 3.01. The van der Waals surface area contributed by atoms with Crippen LogP contribution in [0.1, 0.15) is 12.5 Å². The van der Waals surface area contributed by atoms with Gasteiger partial charge in [0, 0.05) is 25.6 Å². The molecule has 0 aliphatic carbocycles. The van der Waals surface area contributed by atoms with Crippen molar-refractivity contribution in [2.75, 3.05) is 26.3 Å². The summed E-state index contributed by atoms with van der Waals surface area (Å²) in [6.45, 7) is 3.61. The topological polar surface area (TPSA) is 49.8 Å². The highest BCUT2D eigenvalue weighted by atomic mass is 16.5. The van der Waals surface area contributed by atoms with Crippen LogP contribution in [-0.4, -0.2) is 42.2 Å². The summed E-state index contributed by atoms with van der Waals surface area (Å²) in [5.41, 5.74) is 1.20. The number of rotatable bonds is 5. The zero-order valence-electron chi connectivity index (χ0n) is 10.6. The SMILES string of the molecule is CCc1cccc(OCC(=O)N2CC(CO)C2)c1. The summed E-state index contributed by atoms with van der Waals surface area (Å²) in [5.74, 6) is 0.973. The third-order valence-electron chi connectivity index (χ3n) is 3.24. The summed E-state index contributed by atoms with van der Waals surface area (Å²) in [5, 5.41) is 8.88. The highest BCUT2D eigenvalue weighted by Gasteiger charge is 2.29. The minimum Gasteiger partial charge on any atom is -0.484 e. The van der Waals surface area contributed by atoms with Crippen molar-refractivity contribution in [1.29, 1.82) is 0 Å². The van der Waals surface area contributed by atoms with E-state index in [0.717, 1.165) is 12.2 Å². The van der Waals surface area contributed by atoms with Crippen molar-refractivity contribution >= 4 is 5.91 Å². The van der Waals surface area contributed by atoms with Crippen LogP contribution in [0.4, 0.5) is 0 Å². The molecule has 0 unspecified atom stereocenters. The standard InChI is InChI=1S/C14H19NO3/c1-2-11-4-3-5-13(6-11)18-10-14(17)15-7-12(8-15)9-16/h3-6,12,16H,2,7-10H2,1H3. The second-order valence-electron chi connectivity index (χ2n) is 4.64. The molecule has 1 fully saturated rings. The molecule has 0 atom stereocenters. The first-order valence-electron chi connectivity index (χ1n) is 6.33. The van der Waals surface area contributed by atoms with E-state index >= 15 is 0 Å². The van der Waals surface area contributed by atoms with Gasteiger partial charge in [-0.2, -0.15) is 0 Å². The van der Waals surface area contributed by atoms with Gasteiger partial charge in [0.15, 0.2) is 6.61 Å². The normalized spacial score (nSPS) is 15.3. The highest BCUT2D eigenvalue weighted by Crippen LogP contribution is 2.16. The Hall–Kier alpha value is -1.55. The summed E-state index contributed by atoms with van der Waals surface area (Å²) in [4.78, 5) is 13.4. The molecule has 1 aliphatic rings. The number of amides is 1. The van der Waals surface area contributed by atoms with Gasteiger partial charge in [0.25, 0.3) is 5.91 Å². The second-order valence-corrected chi connectivity index (χ2v) is 4.64. The Labute approximate surface area is 107 Å². The maximum absolute atomic E-state index is 11.7. The van der Waals surface area contributed by atoms with E-state index in [1.165, 1.54) is 5.56 Å². The monoisotopic (exact) mass is 249 g/mol. The van der Waals surface area contributed by atoms with Crippen LogP contribution in [0.25, 0.3) is 0 Å². The molecular formula is C14H19NO3. The lowest BCUT2D eigenvalue weighted by Crippen LogP contribution is -2.52. The van der Waals surface area contributed by atoms with E-state index in [0.29, 0.717) is 13.1 Å². The number of benzene rings is 1. The molecule has 1 saturated heterocycles. The zero-order valence-corrected chi connectivity index (χ0v) is 10.6. The second kappa shape index (κ2) is 5.87. The quantitative estimate of drug-likeness (QED) is 0.849. The molecule has 0 saturated carbocycles. The van der Waals surface area contributed by atoms with Crippen molar-refractivity contribution in [2.24, 2.45) is 5.92 Å². The molecule has 0 spiro atoms. The maximum atomic E-state index is 11.7. The van der Waals surface area contributed by atoms with Gasteiger partial charge in [-0.3, -0.25) is 4.79 Å². The number of hydrogen-bond donors (Lipinski definition) is 1. The Balaban J connectivity index is 1.79. The molecule has 1 N–H and O–H groups in total. The number of ether oxygens (including phenoxy) is 1. The number of aliphatic hydroxyl groups is 1. The molecule has 0 bridgehead atoms. The summed E-state index contributed by atoms with van der Waals surface area (Å²) in [6, 6.07) is 7.79. The van der Waals surface area contributed by atoms with E-state index < -0.39 is 0 Å². The van der Waals surface area contributed by atoms with Gasteiger partial charge < -0.3 is 14.7 Å². The zero-order chi connectivity index (χ0) is 13.0. The Bertz CT molecular complexity index is 413. The first-order chi connectivity index (χ1) is 8.72. The van der Waals surface area contributed by atoms with Gasteiger partial charge >= 0.3 is 0 Å². The van der Waals surface area contributed by atoms with Crippen LogP contribution in [0.5, 0.6) is 5.75 Å². The van der Waals surface area contributed by atoms with Crippen LogP contribution < -0.4 is 4.74 Å². The van der Waals surface area contributed by atoms with Crippen molar-refractivity contribution in [1.82, 2.24) is 4.90 Å². The van der Waals surface area contributed by atoms with Crippen molar-refractivity contribution in [2.45, 2.75) is 13.3 Å². The number of nitrogens with zero attached hydrogens (tertiary/aromatic N) is 1. The predicted octanol–water partition coefficient (Wildman–Crippen LogP) is 1.08. The molecule has 4 heteroatoms. The Morgan fingerprint density at radius 1 is 1.50 bits per heavy atom. The maximum Gasteiger partial charge on any atom is 0.260 e. The Morgan fingerprint density at radius 3 is 2.94 bits per heavy atom. The van der Waals surface area contributed by atoms with E-state index in [1.807, 2.05) is 24.3 Å². The first kappa shape index (κ1) is 12.9. The molecule has 0 radical (unpaired) electrons. The fourth-order valence-corrected chi connectivity index (χ4v) is 1.98. The fourth-order valence-electron chi connectivity index (χ4n) is 1.98. The molecule has 1 amide bonds. The highest BCUT2D eigenvalue weighted by molar-refractivity contribution is 5.78. The number of hydrogen-bond acceptors (Lipinski definition) is 3. The van der Waals surface area contributed by atoms with Gasteiger partial charge in [-0.05, 0) is 24.1 Å². The molecule has 18 heavy (non-hydrogen) atoms. The largest absolute Gasteiger partial charge is 0.484 e. The van der Waals surface area contributed by atoms with Crippen LogP contribution in [0, 0.1) is 5.92 Å². The van der Waals surface area contributed by atoms with Crippen molar-refractivity contribution < 1.29 is 14.6 Å². The van der Waals surface area contributed by atoms with Crippen LogP contribution >= 0.6 is 0 Å². The van der Waals surface area contributed by atoms with Crippen molar-refractivity contribution in [3.8, 4) is 5.75 Å². The van der Waals surface area contributed by atoms with Crippen molar-refractivity contribution in [3.63, 3.8) is 0 Å². The molecule has 1 aliphatic heterocycles. The van der Waals surface area contributed by atoms with Crippen LogP contribution in [0.15, 0.2) is 24.3 Å². The first-order valence-corrected chi connectivity index (χ1v) is 6.33. The van der Waals surface area contributed by atoms with Crippen LogP contribution in [-0.2, 0) is 11.2 Å². The van der Waals surface area contributed by atoms with E-state index in [4.69, 9.17) is 9.84 Å². The molecule has 4 nitrogen and oxygen atoms in total. The minimum atomic E-state index is -0.0124. The Morgan fingerprint density at radius 2 is 2.28 bits per heavy atom. The van der Waals surface area contributed by atoms with Crippen LogP contribution in [0.3, 0.4) is 0 Å². The van der Waals surface area contributed by atoms with E-state index in [1.54, 1.807) is 4.90 Å². The number of carbonyl (C=O) groups is 1. The predicted molar refractivity (Wildman–Crippen MR) is 68.5 cm³/mol. The van der Waals surface area contributed by atoms with E-state index in [2.05, 4.69) is 6.92 Å². The van der Waals surface area contributed by atoms with Gasteiger partial charge in [-0.15, -0.1) is 0 Å². The average molecular weight is 249 g/mol. The lowest BCUT2D eigenvalue weighted by atomic mass is 10.0. The number of aliphatic hydroxyl groups excluding tert-OH is 1. The van der Waals surface area contributed by atoms with Gasteiger partial charge in [-0.1, -0.05) is 19.1 Å². The van der Waals surface area contributed by atoms with E-state index in [9.17, 15) is 4.79 Å². The lowest BCUT2D eigenvalue weighted by Gasteiger charge is -2.38. The molecular weight excluding hydrogens is 230 g/mol. The summed E-state index contributed by atoms with van der Waals surface area (Å²) >= 11 is 0. The molecule has 0 aromatic heterocycles. The van der Waals surface area contributed by atoms with E-state index in [-0.39, 0.29) is 25.0 Å². The number of carbonyl (C=O) groups excluding carboxylic acids is 1. The smallest absolute Gasteiger partial charge is 0.260 e. The summed E-state index contributed by atoms with van der Waals surface area (Å²) in [7, 11) is 0. The minimum absolute atomic E-state index is 0.0124.